The predicted octanol–water partition coefficient (Wildman–Crippen LogP) is 4.79. The molecule has 2 rings (SSSR count). The Labute approximate surface area is 265 Å². The van der Waals surface area contributed by atoms with E-state index in [0.717, 1.165) is 10.5 Å². The van der Waals surface area contributed by atoms with Crippen LogP contribution in [0.2, 0.25) is 0 Å². The number of benzene rings is 2. The molecule has 244 valence electrons. The van der Waals surface area contributed by atoms with Gasteiger partial charge < -0.3 is 30.1 Å². The number of rotatable bonds is 12. The molecule has 3 N–H and O–H groups in total. The summed E-state index contributed by atoms with van der Waals surface area (Å²) in [6.45, 7) is 13.3. The van der Waals surface area contributed by atoms with Gasteiger partial charge in [0, 0.05) is 12.0 Å². The van der Waals surface area contributed by atoms with Gasteiger partial charge in [0.15, 0.2) is 0 Å². The van der Waals surface area contributed by atoms with Crippen LogP contribution in [0.25, 0.3) is 0 Å². The summed E-state index contributed by atoms with van der Waals surface area (Å²) in [4.78, 5) is 55.4. The van der Waals surface area contributed by atoms with E-state index in [1.54, 1.807) is 77.9 Å². The lowest BCUT2D eigenvalue weighted by atomic mass is 9.98. The average Bonchev–Trinajstić information content (AvgIpc) is 2.91. The van der Waals surface area contributed by atoms with Crippen molar-refractivity contribution in [3.8, 4) is 11.8 Å². The van der Waals surface area contributed by atoms with E-state index in [2.05, 4.69) is 10.6 Å². The van der Waals surface area contributed by atoms with Crippen LogP contribution in [0.15, 0.2) is 54.6 Å². The smallest absolute Gasteiger partial charge is 0.408 e. The predicted molar refractivity (Wildman–Crippen MR) is 169 cm³/mol. The number of alkyl carbamates (subject to hydrolysis) is 1. The van der Waals surface area contributed by atoms with Crippen molar-refractivity contribution in [2.75, 3.05) is 6.54 Å². The minimum absolute atomic E-state index is 0.0295. The Morgan fingerprint density at radius 2 is 1.44 bits per heavy atom. The van der Waals surface area contributed by atoms with Gasteiger partial charge in [-0.1, -0.05) is 62.4 Å². The zero-order chi connectivity index (χ0) is 33.9. The number of para-hydroxylation sites is 1. The maximum absolute atomic E-state index is 14.2. The van der Waals surface area contributed by atoms with Crippen LogP contribution in [0.5, 0.6) is 5.75 Å². The molecule has 0 aliphatic heterocycles. The molecule has 3 unspecified atom stereocenters. The molecule has 11 heteroatoms. The number of phenolic OH excluding ortho intramolecular Hbond substituents is 1. The lowest BCUT2D eigenvalue weighted by molar-refractivity contribution is -0.159. The molecule has 2 aromatic rings. The molecule has 0 saturated carbocycles. The first-order chi connectivity index (χ1) is 20.9. The van der Waals surface area contributed by atoms with Gasteiger partial charge in [-0.2, -0.15) is 5.26 Å². The van der Waals surface area contributed by atoms with Gasteiger partial charge in [0.05, 0.1) is 6.07 Å². The first-order valence-electron chi connectivity index (χ1n) is 14.9. The van der Waals surface area contributed by atoms with Crippen molar-refractivity contribution in [1.29, 1.82) is 5.26 Å². The molecule has 0 spiro atoms. The normalized spacial score (nSPS) is 13.5. The van der Waals surface area contributed by atoms with Crippen molar-refractivity contribution in [1.82, 2.24) is 15.5 Å². The summed E-state index contributed by atoms with van der Waals surface area (Å²) in [6, 6.07) is 13.0. The SMILES string of the molecule is CC(C)CC(NC(=O)OC(C)(C)C)C(=O)N(CC#N)C(C(=O)NC(Cc1ccccc1)C(=O)OC(C)(C)C)c1ccccc1O. The lowest BCUT2D eigenvalue weighted by Gasteiger charge is -2.34. The van der Waals surface area contributed by atoms with E-state index in [4.69, 9.17) is 9.47 Å². The van der Waals surface area contributed by atoms with Gasteiger partial charge in [0.25, 0.3) is 0 Å². The van der Waals surface area contributed by atoms with Crippen molar-refractivity contribution in [2.45, 2.75) is 97.6 Å². The van der Waals surface area contributed by atoms with Crippen LogP contribution in [0.3, 0.4) is 0 Å². The summed E-state index contributed by atoms with van der Waals surface area (Å²) >= 11 is 0. The van der Waals surface area contributed by atoms with E-state index in [9.17, 15) is 29.5 Å². The molecule has 3 amide bonds. The molecule has 0 fully saturated rings. The Kier molecular flexibility index (Phi) is 13.0. The fourth-order valence-corrected chi connectivity index (χ4v) is 4.55. The topological polar surface area (TPSA) is 158 Å². The molecule has 45 heavy (non-hydrogen) atoms. The number of nitrogens with one attached hydrogen (secondary N) is 2. The first kappa shape index (κ1) is 36.6. The van der Waals surface area contributed by atoms with Crippen LogP contribution >= 0.6 is 0 Å². The monoisotopic (exact) mass is 622 g/mol. The van der Waals surface area contributed by atoms with Gasteiger partial charge in [-0.05, 0) is 65.5 Å². The zero-order valence-corrected chi connectivity index (χ0v) is 27.4. The number of phenols is 1. The molecule has 0 aliphatic rings. The number of amides is 3. The summed E-state index contributed by atoms with van der Waals surface area (Å²) in [7, 11) is 0. The Bertz CT molecular complexity index is 1360. The number of esters is 1. The van der Waals surface area contributed by atoms with Crippen LogP contribution in [-0.4, -0.2) is 63.7 Å². The van der Waals surface area contributed by atoms with Crippen LogP contribution in [0, 0.1) is 17.2 Å². The van der Waals surface area contributed by atoms with Crippen LogP contribution in [0.4, 0.5) is 4.79 Å². The van der Waals surface area contributed by atoms with E-state index in [0.29, 0.717) is 0 Å². The maximum Gasteiger partial charge on any atom is 0.408 e. The van der Waals surface area contributed by atoms with Crippen molar-refractivity contribution < 1.29 is 33.8 Å². The molecule has 0 saturated heterocycles. The van der Waals surface area contributed by atoms with Gasteiger partial charge >= 0.3 is 12.1 Å². The Morgan fingerprint density at radius 1 is 0.867 bits per heavy atom. The summed E-state index contributed by atoms with van der Waals surface area (Å²) in [5, 5.41) is 25.9. The van der Waals surface area contributed by atoms with Crippen LogP contribution in [-0.2, 0) is 30.3 Å². The summed E-state index contributed by atoms with van der Waals surface area (Å²) in [5.74, 6) is -2.63. The molecule has 11 nitrogen and oxygen atoms in total. The van der Waals surface area contributed by atoms with Crippen LogP contribution < -0.4 is 10.6 Å². The molecular formula is C34H46N4O7. The van der Waals surface area contributed by atoms with E-state index in [1.165, 1.54) is 12.1 Å². The largest absolute Gasteiger partial charge is 0.508 e. The lowest BCUT2D eigenvalue weighted by Crippen LogP contribution is -2.55. The second kappa shape index (κ2) is 15.9. The highest BCUT2D eigenvalue weighted by atomic mass is 16.6. The van der Waals surface area contributed by atoms with Gasteiger partial charge in [-0.25, -0.2) is 9.59 Å². The number of nitrogens with zero attached hydrogens (tertiary/aromatic N) is 2. The highest BCUT2D eigenvalue weighted by Crippen LogP contribution is 2.30. The molecule has 0 heterocycles. The maximum atomic E-state index is 14.2. The first-order valence-corrected chi connectivity index (χ1v) is 14.9. The quantitative estimate of drug-likeness (QED) is 0.225. The van der Waals surface area contributed by atoms with Gasteiger partial charge in [0.1, 0.15) is 41.6 Å². The van der Waals surface area contributed by atoms with E-state index < -0.39 is 59.7 Å². The molecule has 0 bridgehead atoms. The average molecular weight is 623 g/mol. The number of aromatic hydroxyl groups is 1. The number of carbonyl (C=O) groups is 4. The highest BCUT2D eigenvalue weighted by Gasteiger charge is 2.39. The Balaban J connectivity index is 2.59. The molecule has 0 aromatic heterocycles. The summed E-state index contributed by atoms with van der Waals surface area (Å²) < 4.78 is 11.0. The summed E-state index contributed by atoms with van der Waals surface area (Å²) in [6.07, 6.45) is -0.587. The third-order valence-electron chi connectivity index (χ3n) is 6.30. The van der Waals surface area contributed by atoms with Crippen LogP contribution in [0.1, 0.15) is 79.0 Å². The molecule has 0 radical (unpaired) electrons. The summed E-state index contributed by atoms with van der Waals surface area (Å²) in [5.41, 5.74) is -0.915. The Morgan fingerprint density at radius 3 is 1.98 bits per heavy atom. The molecular weight excluding hydrogens is 576 g/mol. The minimum Gasteiger partial charge on any atom is -0.508 e. The second-order valence-electron chi connectivity index (χ2n) is 13.2. The standard InChI is InChI=1S/C34H46N4O7/c1-22(2)20-25(37-32(43)45-34(6,7)8)30(41)38(19-18-35)28(24-16-12-13-17-27(24)39)29(40)36-26(31(42)44-33(3,4)5)21-23-14-10-9-11-15-23/h9-17,22,25-26,28,39H,19-21H2,1-8H3,(H,36,40)(H,37,43). The number of hydrogen-bond donors (Lipinski definition) is 3. The second-order valence-corrected chi connectivity index (χ2v) is 13.2. The molecule has 3 atom stereocenters. The minimum atomic E-state index is -1.55. The molecule has 0 aliphatic carbocycles. The molecule has 2 aromatic carbocycles. The van der Waals surface area contributed by atoms with Crippen molar-refractivity contribution in [3.63, 3.8) is 0 Å². The van der Waals surface area contributed by atoms with Gasteiger partial charge in [-0.15, -0.1) is 0 Å². The Hall–Kier alpha value is -4.59. The van der Waals surface area contributed by atoms with Gasteiger partial charge in [-0.3, -0.25) is 9.59 Å². The van der Waals surface area contributed by atoms with Gasteiger partial charge in [0.2, 0.25) is 11.8 Å². The van der Waals surface area contributed by atoms with E-state index >= 15 is 0 Å². The van der Waals surface area contributed by atoms with E-state index in [1.807, 2.05) is 26.0 Å². The number of hydrogen-bond acceptors (Lipinski definition) is 8. The number of carbonyl (C=O) groups excluding carboxylic acids is 4. The van der Waals surface area contributed by atoms with E-state index in [-0.39, 0.29) is 30.1 Å². The fourth-order valence-electron chi connectivity index (χ4n) is 4.55. The van der Waals surface area contributed by atoms with Crippen molar-refractivity contribution in [3.05, 3.63) is 65.7 Å². The number of nitriles is 1. The van der Waals surface area contributed by atoms with Crippen molar-refractivity contribution >= 4 is 23.9 Å². The zero-order valence-electron chi connectivity index (χ0n) is 27.4. The highest BCUT2D eigenvalue weighted by molar-refractivity contribution is 5.94. The third-order valence-corrected chi connectivity index (χ3v) is 6.30. The van der Waals surface area contributed by atoms with Crippen molar-refractivity contribution in [2.24, 2.45) is 5.92 Å². The number of ether oxygens (including phenoxy) is 2. The third kappa shape index (κ3) is 12.1. The fraction of sp³-hybridized carbons (Fsp3) is 0.500.